The maximum Gasteiger partial charge on any atom is 0.445 e. The molecule has 0 radical (unpaired) electrons. The van der Waals surface area contributed by atoms with Gasteiger partial charge in [0.2, 0.25) is 5.01 Å². The summed E-state index contributed by atoms with van der Waals surface area (Å²) in [6, 6.07) is 0. The van der Waals surface area contributed by atoms with E-state index >= 15 is 0 Å². The molecule has 12 heavy (non-hydrogen) atoms. The topological polar surface area (TPSA) is 25.8 Å². The molecule has 1 aromatic rings. The van der Waals surface area contributed by atoms with Crippen LogP contribution in [0, 0.1) is 0 Å². The molecule has 0 saturated carbocycles. The van der Waals surface area contributed by atoms with E-state index in [1.165, 1.54) is 0 Å². The number of rotatable bonds is 1. The molecule has 1 atom stereocenters. The number of hydrogen-bond acceptors (Lipinski definition) is 4. The smallest absolute Gasteiger partial charge is 0.169 e. The third kappa shape index (κ3) is 2.10. The van der Waals surface area contributed by atoms with Crippen molar-refractivity contribution in [2.24, 2.45) is 0 Å². The van der Waals surface area contributed by atoms with Crippen molar-refractivity contribution in [2.75, 3.05) is 0 Å². The molecule has 0 bridgehead atoms. The first-order valence-corrected chi connectivity index (χ1v) is 4.33. The quantitative estimate of drug-likeness (QED) is 0.727. The van der Waals surface area contributed by atoms with Crippen LogP contribution in [0.4, 0.5) is 13.2 Å². The van der Waals surface area contributed by atoms with Gasteiger partial charge in [0.25, 0.3) is 0 Å². The number of halogens is 3. The van der Waals surface area contributed by atoms with Crippen LogP contribution in [0.5, 0.6) is 0 Å². The number of hydrogen-bond donors (Lipinski definition) is 1. The van der Waals surface area contributed by atoms with Crippen molar-refractivity contribution < 1.29 is 13.2 Å². The first kappa shape index (κ1) is 9.79. The van der Waals surface area contributed by atoms with Crippen molar-refractivity contribution in [3.8, 4) is 0 Å². The number of thiol groups is 1. The number of nitrogens with zero attached hydrogens (tertiary/aromatic N) is 2. The molecule has 1 unspecified atom stereocenters. The molecule has 0 aliphatic heterocycles. The fourth-order valence-corrected chi connectivity index (χ4v) is 1.38. The molecular weight excluding hydrogens is 209 g/mol. The lowest BCUT2D eigenvalue weighted by molar-refractivity contribution is -0.138. The minimum absolute atomic E-state index is 0.283. The van der Waals surface area contributed by atoms with Gasteiger partial charge in [-0.05, 0) is 6.92 Å². The van der Waals surface area contributed by atoms with Gasteiger partial charge in [-0.2, -0.15) is 25.8 Å². The summed E-state index contributed by atoms with van der Waals surface area (Å²) in [7, 11) is 0. The Hall–Kier alpha value is -0.300. The lowest BCUT2D eigenvalue weighted by atomic mass is 10.5. The van der Waals surface area contributed by atoms with Crippen molar-refractivity contribution in [1.82, 2.24) is 10.2 Å². The highest BCUT2D eigenvalue weighted by Crippen LogP contribution is 2.33. The van der Waals surface area contributed by atoms with Gasteiger partial charge in [0.05, 0.1) is 5.25 Å². The highest BCUT2D eigenvalue weighted by Gasteiger charge is 2.35. The molecule has 0 N–H and O–H groups in total. The average Bonchev–Trinajstić information content (AvgIpc) is 2.30. The third-order valence-corrected chi connectivity index (χ3v) is 2.61. The van der Waals surface area contributed by atoms with E-state index in [4.69, 9.17) is 0 Å². The molecule has 0 aliphatic rings. The maximum absolute atomic E-state index is 11.9. The molecule has 7 heteroatoms. The number of aromatic nitrogens is 2. The van der Waals surface area contributed by atoms with Crippen LogP contribution < -0.4 is 0 Å². The van der Waals surface area contributed by atoms with Crippen LogP contribution in [0.15, 0.2) is 0 Å². The van der Waals surface area contributed by atoms with Gasteiger partial charge in [0.1, 0.15) is 5.01 Å². The molecular formula is C5H5F3N2S2. The summed E-state index contributed by atoms with van der Waals surface area (Å²) in [6.07, 6.45) is -4.39. The minimum atomic E-state index is -4.39. The fraction of sp³-hybridized carbons (Fsp3) is 0.600. The molecule has 0 amide bonds. The Labute approximate surface area is 76.2 Å². The van der Waals surface area contributed by atoms with E-state index in [-0.39, 0.29) is 10.3 Å². The minimum Gasteiger partial charge on any atom is -0.169 e. The van der Waals surface area contributed by atoms with E-state index in [0.717, 1.165) is 0 Å². The predicted octanol–water partition coefficient (Wildman–Crippen LogP) is 2.55. The zero-order valence-corrected chi connectivity index (χ0v) is 7.67. The van der Waals surface area contributed by atoms with Crippen molar-refractivity contribution in [1.29, 1.82) is 0 Å². The third-order valence-electron chi connectivity index (χ3n) is 1.04. The van der Waals surface area contributed by atoms with Crippen molar-refractivity contribution in [3.63, 3.8) is 0 Å². The van der Waals surface area contributed by atoms with Gasteiger partial charge in [-0.1, -0.05) is 11.3 Å². The van der Waals surface area contributed by atoms with Crippen LogP contribution in [-0.2, 0) is 6.18 Å². The SMILES string of the molecule is CC(S)c1nnc(C(F)(F)F)s1. The lowest BCUT2D eigenvalue weighted by Gasteiger charge is -1.98. The number of alkyl halides is 3. The largest absolute Gasteiger partial charge is 0.445 e. The van der Waals surface area contributed by atoms with Gasteiger partial charge < -0.3 is 0 Å². The molecule has 68 valence electrons. The average molecular weight is 214 g/mol. The highest BCUT2D eigenvalue weighted by atomic mass is 32.1. The fourth-order valence-electron chi connectivity index (χ4n) is 0.518. The standard InChI is InChI=1S/C5H5F3N2S2/c1-2(11)3-9-10-4(12-3)5(6,7)8/h2,11H,1H3. The van der Waals surface area contributed by atoms with Crippen LogP contribution >= 0.6 is 24.0 Å². The first-order chi connectivity index (χ1) is 5.41. The van der Waals surface area contributed by atoms with Gasteiger partial charge in [-0.3, -0.25) is 0 Å². The van der Waals surface area contributed by atoms with Crippen molar-refractivity contribution >= 4 is 24.0 Å². The molecule has 2 nitrogen and oxygen atoms in total. The normalized spacial score (nSPS) is 14.8. The molecule has 1 rings (SSSR count). The van der Waals surface area contributed by atoms with Crippen LogP contribution in [0.25, 0.3) is 0 Å². The molecule has 0 saturated heterocycles. The van der Waals surface area contributed by atoms with Crippen molar-refractivity contribution in [3.05, 3.63) is 10.0 Å². The van der Waals surface area contributed by atoms with Gasteiger partial charge in [-0.15, -0.1) is 10.2 Å². The molecule has 1 aromatic heterocycles. The van der Waals surface area contributed by atoms with E-state index in [0.29, 0.717) is 11.3 Å². The Balaban J connectivity index is 2.92. The van der Waals surface area contributed by atoms with E-state index in [1.807, 2.05) is 0 Å². The van der Waals surface area contributed by atoms with Gasteiger partial charge in [-0.25, -0.2) is 0 Å². The Morgan fingerprint density at radius 1 is 1.42 bits per heavy atom. The Bertz CT molecular complexity index is 268. The van der Waals surface area contributed by atoms with Gasteiger partial charge in [0.15, 0.2) is 0 Å². The molecule has 0 aromatic carbocycles. The summed E-state index contributed by atoms with van der Waals surface area (Å²) in [6.45, 7) is 1.64. The van der Waals surface area contributed by atoms with E-state index in [9.17, 15) is 13.2 Å². The monoisotopic (exact) mass is 214 g/mol. The van der Waals surface area contributed by atoms with Gasteiger partial charge >= 0.3 is 6.18 Å². The predicted molar refractivity (Wildman–Crippen MR) is 42.3 cm³/mol. The molecule has 1 heterocycles. The summed E-state index contributed by atoms with van der Waals surface area (Å²) in [5.41, 5.74) is 0. The summed E-state index contributed by atoms with van der Waals surface area (Å²) >= 11 is 4.46. The van der Waals surface area contributed by atoms with E-state index in [2.05, 4.69) is 22.8 Å². The van der Waals surface area contributed by atoms with Crippen LogP contribution in [0.2, 0.25) is 0 Å². The zero-order chi connectivity index (χ0) is 9.35. The lowest BCUT2D eigenvalue weighted by Crippen LogP contribution is -2.03. The molecule has 0 spiro atoms. The summed E-state index contributed by atoms with van der Waals surface area (Å²) in [5, 5.41) is 5.42. The second-order valence-corrected chi connectivity index (χ2v) is 3.90. The summed E-state index contributed by atoms with van der Waals surface area (Å²) < 4.78 is 35.8. The van der Waals surface area contributed by atoms with Crippen LogP contribution in [0.1, 0.15) is 22.2 Å². The van der Waals surface area contributed by atoms with Crippen LogP contribution in [0.3, 0.4) is 0 Å². The zero-order valence-electron chi connectivity index (χ0n) is 5.96. The van der Waals surface area contributed by atoms with Crippen LogP contribution in [-0.4, -0.2) is 10.2 Å². The Morgan fingerprint density at radius 3 is 2.25 bits per heavy atom. The second-order valence-electron chi connectivity index (χ2n) is 2.12. The Kier molecular flexibility index (Phi) is 2.62. The van der Waals surface area contributed by atoms with E-state index in [1.54, 1.807) is 6.92 Å². The molecule has 0 aliphatic carbocycles. The van der Waals surface area contributed by atoms with E-state index < -0.39 is 11.2 Å². The second kappa shape index (κ2) is 3.21. The van der Waals surface area contributed by atoms with Gasteiger partial charge in [0, 0.05) is 0 Å². The first-order valence-electron chi connectivity index (χ1n) is 3.00. The maximum atomic E-state index is 11.9. The molecule has 0 fully saturated rings. The van der Waals surface area contributed by atoms with Crippen molar-refractivity contribution in [2.45, 2.75) is 18.3 Å². The highest BCUT2D eigenvalue weighted by molar-refractivity contribution is 7.80. The summed E-state index contributed by atoms with van der Waals surface area (Å²) in [4.78, 5) is 0. The summed E-state index contributed by atoms with van der Waals surface area (Å²) in [5.74, 6) is 0. The Morgan fingerprint density at radius 2 is 2.00 bits per heavy atom.